The number of piperazine rings is 1. The molecule has 0 saturated carbocycles. The van der Waals surface area contributed by atoms with Crippen LogP contribution in [0.15, 0.2) is 16.4 Å². The second kappa shape index (κ2) is 3.84. The molecule has 0 bridgehead atoms. The van der Waals surface area contributed by atoms with E-state index in [0.29, 0.717) is 4.96 Å². The molecule has 0 aliphatic carbocycles. The molecule has 16 heavy (non-hydrogen) atoms. The SMILES string of the molecule is O=c1cc(N2CCNCC2)n2ncsc2n1. The van der Waals surface area contributed by atoms with Gasteiger partial charge in [-0.05, 0) is 0 Å². The third kappa shape index (κ3) is 1.57. The highest BCUT2D eigenvalue weighted by Crippen LogP contribution is 2.15. The van der Waals surface area contributed by atoms with E-state index in [4.69, 9.17) is 0 Å². The van der Waals surface area contributed by atoms with Crippen molar-refractivity contribution in [3.05, 3.63) is 21.9 Å². The molecule has 6 nitrogen and oxygen atoms in total. The lowest BCUT2D eigenvalue weighted by Gasteiger charge is -2.28. The lowest BCUT2D eigenvalue weighted by molar-refractivity contribution is 0.579. The largest absolute Gasteiger partial charge is 0.354 e. The first-order valence-corrected chi connectivity index (χ1v) is 6.02. The van der Waals surface area contributed by atoms with Gasteiger partial charge in [-0.15, -0.1) is 0 Å². The Labute approximate surface area is 95.5 Å². The van der Waals surface area contributed by atoms with Gasteiger partial charge >= 0.3 is 0 Å². The predicted molar refractivity (Wildman–Crippen MR) is 62.2 cm³/mol. The van der Waals surface area contributed by atoms with E-state index in [-0.39, 0.29) is 5.56 Å². The second-order valence-corrected chi connectivity index (χ2v) is 4.43. The molecule has 0 amide bonds. The molecule has 0 atom stereocenters. The van der Waals surface area contributed by atoms with Gasteiger partial charge in [-0.25, -0.2) is 0 Å². The van der Waals surface area contributed by atoms with E-state index in [2.05, 4.69) is 20.3 Å². The van der Waals surface area contributed by atoms with Gasteiger partial charge < -0.3 is 10.2 Å². The molecular weight excluding hydrogens is 226 g/mol. The van der Waals surface area contributed by atoms with Crippen LogP contribution in [0.5, 0.6) is 0 Å². The van der Waals surface area contributed by atoms with Crippen molar-refractivity contribution in [2.24, 2.45) is 0 Å². The highest BCUT2D eigenvalue weighted by Gasteiger charge is 2.15. The van der Waals surface area contributed by atoms with Crippen LogP contribution in [0.3, 0.4) is 0 Å². The van der Waals surface area contributed by atoms with Gasteiger partial charge in [-0.1, -0.05) is 11.3 Å². The summed E-state index contributed by atoms with van der Waals surface area (Å²) in [7, 11) is 0. The summed E-state index contributed by atoms with van der Waals surface area (Å²) in [6.45, 7) is 3.65. The van der Waals surface area contributed by atoms with Crippen LogP contribution in [0.1, 0.15) is 0 Å². The summed E-state index contributed by atoms with van der Waals surface area (Å²) >= 11 is 1.38. The van der Waals surface area contributed by atoms with Crippen LogP contribution in [0.25, 0.3) is 4.96 Å². The van der Waals surface area contributed by atoms with E-state index in [1.54, 1.807) is 16.1 Å². The monoisotopic (exact) mass is 237 g/mol. The number of anilines is 1. The van der Waals surface area contributed by atoms with Crippen molar-refractivity contribution in [1.29, 1.82) is 0 Å². The molecule has 0 aromatic carbocycles. The van der Waals surface area contributed by atoms with Crippen molar-refractivity contribution in [2.75, 3.05) is 31.1 Å². The molecular formula is C9H11N5OS. The minimum Gasteiger partial charge on any atom is -0.354 e. The van der Waals surface area contributed by atoms with Crippen molar-refractivity contribution in [3.63, 3.8) is 0 Å². The van der Waals surface area contributed by atoms with E-state index < -0.39 is 0 Å². The van der Waals surface area contributed by atoms with Crippen LogP contribution < -0.4 is 15.8 Å². The number of nitrogens with one attached hydrogen (secondary N) is 1. The minimum atomic E-state index is -0.196. The Kier molecular flexibility index (Phi) is 2.33. The Morgan fingerprint density at radius 1 is 1.38 bits per heavy atom. The summed E-state index contributed by atoms with van der Waals surface area (Å²) < 4.78 is 1.73. The quantitative estimate of drug-likeness (QED) is 0.728. The maximum atomic E-state index is 11.5. The molecule has 1 fully saturated rings. The second-order valence-electron chi connectivity index (χ2n) is 3.62. The highest BCUT2D eigenvalue weighted by atomic mass is 32.1. The van der Waals surface area contributed by atoms with Gasteiger partial charge in [0, 0.05) is 32.2 Å². The smallest absolute Gasteiger partial charge is 0.276 e. The zero-order chi connectivity index (χ0) is 11.0. The Morgan fingerprint density at radius 3 is 3.00 bits per heavy atom. The summed E-state index contributed by atoms with van der Waals surface area (Å²) in [4.78, 5) is 18.2. The average Bonchev–Trinajstić information content (AvgIpc) is 2.77. The summed E-state index contributed by atoms with van der Waals surface area (Å²) in [5.74, 6) is 0.845. The molecule has 2 aromatic heterocycles. The zero-order valence-corrected chi connectivity index (χ0v) is 9.40. The molecule has 0 unspecified atom stereocenters. The van der Waals surface area contributed by atoms with E-state index >= 15 is 0 Å². The molecule has 1 aliphatic rings. The number of aromatic nitrogens is 3. The summed E-state index contributed by atoms with van der Waals surface area (Å²) in [5.41, 5.74) is 1.51. The maximum absolute atomic E-state index is 11.5. The van der Waals surface area contributed by atoms with E-state index in [1.165, 1.54) is 11.3 Å². The van der Waals surface area contributed by atoms with Crippen molar-refractivity contribution in [2.45, 2.75) is 0 Å². The Bertz CT molecular complexity index is 556. The fourth-order valence-corrected chi connectivity index (χ4v) is 2.48. The number of hydrogen-bond acceptors (Lipinski definition) is 6. The molecule has 84 valence electrons. The van der Waals surface area contributed by atoms with E-state index in [1.807, 2.05) is 0 Å². The average molecular weight is 237 g/mol. The lowest BCUT2D eigenvalue weighted by atomic mass is 10.3. The molecule has 7 heteroatoms. The van der Waals surface area contributed by atoms with Gasteiger partial charge in [0.05, 0.1) is 0 Å². The first kappa shape index (κ1) is 9.73. The maximum Gasteiger partial charge on any atom is 0.276 e. The van der Waals surface area contributed by atoms with Gasteiger partial charge in [0.2, 0.25) is 4.96 Å². The van der Waals surface area contributed by atoms with Gasteiger partial charge in [0.1, 0.15) is 11.3 Å². The van der Waals surface area contributed by atoms with Crippen molar-refractivity contribution < 1.29 is 0 Å². The predicted octanol–water partition coefficient (Wildman–Crippen LogP) is -0.439. The van der Waals surface area contributed by atoms with Crippen molar-refractivity contribution in [1.82, 2.24) is 19.9 Å². The molecule has 0 spiro atoms. The van der Waals surface area contributed by atoms with Crippen LogP contribution >= 0.6 is 11.3 Å². The zero-order valence-electron chi connectivity index (χ0n) is 8.59. The fraction of sp³-hybridized carbons (Fsp3) is 0.444. The summed E-state index contributed by atoms with van der Waals surface area (Å²) in [6.07, 6.45) is 0. The summed E-state index contributed by atoms with van der Waals surface area (Å²) in [6, 6.07) is 1.55. The first-order chi connectivity index (χ1) is 7.84. The molecule has 3 heterocycles. The lowest BCUT2D eigenvalue weighted by Crippen LogP contribution is -2.44. The van der Waals surface area contributed by atoms with Crippen LogP contribution in [0, 0.1) is 0 Å². The molecule has 0 radical (unpaired) electrons. The summed E-state index contributed by atoms with van der Waals surface area (Å²) in [5, 5.41) is 7.49. The van der Waals surface area contributed by atoms with Crippen LogP contribution in [0.4, 0.5) is 5.82 Å². The molecule has 1 N–H and O–H groups in total. The number of fused-ring (bicyclic) bond motifs is 1. The first-order valence-electron chi connectivity index (χ1n) is 5.14. The van der Waals surface area contributed by atoms with Crippen LogP contribution in [-0.4, -0.2) is 40.8 Å². The molecule has 1 saturated heterocycles. The minimum absolute atomic E-state index is 0.196. The number of hydrogen-bond donors (Lipinski definition) is 1. The molecule has 3 rings (SSSR count). The van der Waals surface area contributed by atoms with Crippen LogP contribution in [-0.2, 0) is 0 Å². The fourth-order valence-electron chi connectivity index (χ4n) is 1.87. The van der Waals surface area contributed by atoms with Gasteiger partial charge in [0.25, 0.3) is 5.56 Å². The van der Waals surface area contributed by atoms with E-state index in [9.17, 15) is 4.79 Å². The normalized spacial score (nSPS) is 16.9. The topological polar surface area (TPSA) is 62.5 Å². The van der Waals surface area contributed by atoms with Crippen molar-refractivity contribution >= 4 is 22.1 Å². The van der Waals surface area contributed by atoms with Crippen LogP contribution in [0.2, 0.25) is 0 Å². The Hall–Kier alpha value is -1.47. The van der Waals surface area contributed by atoms with Crippen molar-refractivity contribution in [3.8, 4) is 0 Å². The van der Waals surface area contributed by atoms with Gasteiger partial charge in [-0.2, -0.15) is 14.6 Å². The molecule has 2 aromatic rings. The van der Waals surface area contributed by atoms with Gasteiger partial charge in [-0.3, -0.25) is 4.79 Å². The number of rotatable bonds is 1. The van der Waals surface area contributed by atoms with Gasteiger partial charge in [0.15, 0.2) is 0 Å². The molecule has 1 aliphatic heterocycles. The van der Waals surface area contributed by atoms with E-state index in [0.717, 1.165) is 32.0 Å². The highest BCUT2D eigenvalue weighted by molar-refractivity contribution is 7.14. The standard InChI is InChI=1S/C9H11N5OS/c15-7-5-8(13-3-1-10-2-4-13)14-9(12-7)16-6-11-14/h5-6,10H,1-4H2. The Balaban J connectivity index is 2.13. The third-order valence-electron chi connectivity index (χ3n) is 2.62. The number of nitrogens with zero attached hydrogens (tertiary/aromatic N) is 4. The Morgan fingerprint density at radius 2 is 2.19 bits per heavy atom. The third-order valence-corrected chi connectivity index (χ3v) is 3.29.